The predicted molar refractivity (Wildman–Crippen MR) is 285 cm³/mol. The molecule has 1 aliphatic rings. The molecule has 0 aliphatic carbocycles. The quantitative estimate of drug-likeness (QED) is 0.0841. The van der Waals surface area contributed by atoms with Crippen molar-refractivity contribution in [1.82, 2.24) is 40.6 Å². The van der Waals surface area contributed by atoms with Crippen molar-refractivity contribution in [3.05, 3.63) is 222 Å². The van der Waals surface area contributed by atoms with Gasteiger partial charge in [-0.15, -0.1) is 0 Å². The lowest BCUT2D eigenvalue weighted by molar-refractivity contribution is 0.492. The van der Waals surface area contributed by atoms with Crippen LogP contribution in [0.15, 0.2) is 207 Å². The molecule has 6 N–H and O–H groups in total. The number of hydrogen-bond donors (Lipinski definition) is 6. The molecule has 1 aliphatic heterocycles. The van der Waals surface area contributed by atoms with Gasteiger partial charge >= 0.3 is 0 Å². The number of aromatic amines is 3. The van der Waals surface area contributed by atoms with Gasteiger partial charge in [-0.05, 0) is 83.4 Å². The maximum absolute atomic E-state index is 6.44. The third-order valence-electron chi connectivity index (χ3n) is 11.2. The Morgan fingerprint density at radius 2 is 0.884 bits per heavy atom. The average Bonchev–Trinajstić information content (AvgIpc) is 4.10. The van der Waals surface area contributed by atoms with Gasteiger partial charge in [-0.1, -0.05) is 162 Å². The van der Waals surface area contributed by atoms with Gasteiger partial charge in [-0.2, -0.15) is 15.3 Å². The number of anilines is 5. The second-order valence-corrected chi connectivity index (χ2v) is 17.0. The summed E-state index contributed by atoms with van der Waals surface area (Å²) in [6, 6.07) is 57.9. The lowest BCUT2D eigenvalue weighted by Gasteiger charge is -2.21. The number of allylic oxidation sites excluding steroid dienone is 2. The Morgan fingerprint density at radius 3 is 1.33 bits per heavy atom. The number of benzene rings is 7. The fourth-order valence-electron chi connectivity index (χ4n) is 7.81. The van der Waals surface area contributed by atoms with E-state index in [1.54, 1.807) is 6.20 Å². The molecule has 7 aromatic carbocycles. The van der Waals surface area contributed by atoms with Crippen LogP contribution in [0.5, 0.6) is 0 Å². The Labute approximate surface area is 412 Å². The molecule has 11 nitrogen and oxygen atoms in total. The van der Waals surface area contributed by atoms with Crippen molar-refractivity contribution in [2.45, 2.75) is 0 Å². The van der Waals surface area contributed by atoms with Crippen molar-refractivity contribution in [2.75, 3.05) is 22.6 Å². The Balaban J connectivity index is 0.000000120. The van der Waals surface area contributed by atoms with Crippen LogP contribution in [0.25, 0.3) is 66.1 Å². The summed E-state index contributed by atoms with van der Waals surface area (Å²) >= 11 is 19.3. The number of pyridine rings is 1. The molecule has 0 atom stereocenters. The summed E-state index contributed by atoms with van der Waals surface area (Å²) in [7, 11) is 0. The number of hydrogen-bond acceptors (Lipinski definition) is 8. The predicted octanol–water partition coefficient (Wildman–Crippen LogP) is 15.2. The SMILES string of the molecule is Clc1cc2[nH]nc(NN3C=CC=CC3)c2cc1-c1ccccc1.Clc1cc2[nH]nc(Nc3ccccc3)c2cc1-c1ccccc1.Clc1cc2[nH]nc(Nc3ccccn3)c2cc1-c1ccccc1. The minimum absolute atomic E-state index is 0.691. The van der Waals surface area contributed by atoms with E-state index in [0.717, 1.165) is 102 Å². The van der Waals surface area contributed by atoms with Crippen LogP contribution in [0.1, 0.15) is 0 Å². The average molecular weight is 963 g/mol. The Bertz CT molecular complexity index is 3380. The van der Waals surface area contributed by atoms with Crippen molar-refractivity contribution in [3.8, 4) is 33.4 Å². The molecule has 4 aromatic heterocycles. The van der Waals surface area contributed by atoms with Crippen molar-refractivity contribution in [1.29, 1.82) is 0 Å². The lowest BCUT2D eigenvalue weighted by atomic mass is 10.0. The van der Waals surface area contributed by atoms with E-state index in [1.165, 1.54) is 0 Å². The highest BCUT2D eigenvalue weighted by Crippen LogP contribution is 2.37. The summed E-state index contributed by atoms with van der Waals surface area (Å²) in [5.74, 6) is 3.05. The molecule has 338 valence electrons. The molecule has 14 heteroatoms. The zero-order valence-electron chi connectivity index (χ0n) is 36.7. The summed E-state index contributed by atoms with van der Waals surface area (Å²) in [4.78, 5) is 4.27. The molecule has 0 bridgehead atoms. The van der Waals surface area contributed by atoms with E-state index in [9.17, 15) is 0 Å². The van der Waals surface area contributed by atoms with Crippen molar-refractivity contribution in [3.63, 3.8) is 0 Å². The molecule has 69 heavy (non-hydrogen) atoms. The Morgan fingerprint density at radius 1 is 0.449 bits per heavy atom. The second-order valence-electron chi connectivity index (χ2n) is 15.8. The Kier molecular flexibility index (Phi) is 13.3. The zero-order valence-corrected chi connectivity index (χ0v) is 39.0. The van der Waals surface area contributed by atoms with E-state index >= 15 is 0 Å². The molecular weight excluding hydrogens is 921 g/mol. The smallest absolute Gasteiger partial charge is 0.174 e. The summed E-state index contributed by atoms with van der Waals surface area (Å²) < 4.78 is 0. The monoisotopic (exact) mass is 961 g/mol. The highest BCUT2D eigenvalue weighted by atomic mass is 35.5. The molecule has 0 spiro atoms. The summed E-state index contributed by atoms with van der Waals surface area (Å²) in [6.07, 6.45) is 9.80. The topological polar surface area (TPSA) is 138 Å². The molecule has 11 aromatic rings. The molecule has 0 saturated carbocycles. The van der Waals surface area contributed by atoms with E-state index in [2.05, 4.69) is 94.1 Å². The van der Waals surface area contributed by atoms with E-state index in [-0.39, 0.29) is 0 Å². The van der Waals surface area contributed by atoms with Gasteiger partial charge in [0.05, 0.1) is 38.2 Å². The second kappa shape index (κ2) is 20.7. The zero-order chi connectivity index (χ0) is 46.9. The van der Waals surface area contributed by atoms with Gasteiger partial charge < -0.3 is 10.6 Å². The molecule has 12 rings (SSSR count). The molecule has 0 radical (unpaired) electrons. The van der Waals surface area contributed by atoms with Gasteiger partial charge in [0.25, 0.3) is 0 Å². The van der Waals surface area contributed by atoms with Crippen molar-refractivity contribution >= 4 is 96.5 Å². The first-order chi connectivity index (χ1) is 33.9. The van der Waals surface area contributed by atoms with E-state index < -0.39 is 0 Å². The number of fused-ring (bicyclic) bond motifs is 3. The van der Waals surface area contributed by atoms with Gasteiger partial charge in [0.15, 0.2) is 17.5 Å². The number of hydrazine groups is 1. The van der Waals surface area contributed by atoms with Crippen LogP contribution in [0, 0.1) is 0 Å². The fourth-order valence-corrected chi connectivity index (χ4v) is 8.63. The van der Waals surface area contributed by atoms with Crippen molar-refractivity contribution < 1.29 is 0 Å². The number of nitrogens with one attached hydrogen (secondary N) is 6. The third-order valence-corrected chi connectivity index (χ3v) is 12.2. The Hall–Kier alpha value is -8.35. The highest BCUT2D eigenvalue weighted by Gasteiger charge is 2.15. The van der Waals surface area contributed by atoms with Crippen LogP contribution in [0.2, 0.25) is 15.1 Å². The van der Waals surface area contributed by atoms with E-state index in [0.29, 0.717) is 15.1 Å². The van der Waals surface area contributed by atoms with Crippen LogP contribution in [-0.2, 0) is 0 Å². The number of rotatable bonds is 9. The van der Waals surface area contributed by atoms with Crippen LogP contribution >= 0.6 is 34.8 Å². The van der Waals surface area contributed by atoms with Gasteiger partial charge in [-0.25, -0.2) is 4.98 Å². The highest BCUT2D eigenvalue weighted by molar-refractivity contribution is 6.35. The fraction of sp³-hybridized carbons (Fsp3) is 0.0182. The number of nitrogens with zero attached hydrogens (tertiary/aromatic N) is 5. The van der Waals surface area contributed by atoms with Crippen LogP contribution < -0.4 is 16.1 Å². The first-order valence-corrected chi connectivity index (χ1v) is 23.1. The maximum Gasteiger partial charge on any atom is 0.174 e. The number of aromatic nitrogens is 7. The normalized spacial score (nSPS) is 11.8. The first kappa shape index (κ1) is 44.5. The van der Waals surface area contributed by atoms with Crippen LogP contribution in [0.4, 0.5) is 29.0 Å². The van der Waals surface area contributed by atoms with Crippen LogP contribution in [0.3, 0.4) is 0 Å². The minimum Gasteiger partial charge on any atom is -0.338 e. The minimum atomic E-state index is 0.691. The largest absolute Gasteiger partial charge is 0.338 e. The van der Waals surface area contributed by atoms with Crippen LogP contribution in [-0.4, -0.2) is 47.1 Å². The lowest BCUT2D eigenvalue weighted by Crippen LogP contribution is -2.25. The number of H-pyrrole nitrogens is 3. The molecular formula is C55H42Cl3N11. The maximum atomic E-state index is 6.44. The summed E-state index contributed by atoms with van der Waals surface area (Å²) in [5.41, 5.74) is 13.2. The third kappa shape index (κ3) is 10.3. The van der Waals surface area contributed by atoms with E-state index in [1.807, 2.05) is 163 Å². The first-order valence-electron chi connectivity index (χ1n) is 22.0. The standard InChI is InChI=1S/C19H14ClN3.C18H15ClN4.C18H13ClN4/c20-17-12-18-16(11-15(17)13-7-3-1-4-8-13)19(23-22-18)21-14-9-5-2-6-10-14;19-16-12-17-15(11-14(16)13-7-3-1-4-8-13)18(21-20-17)22-23-9-5-2-6-10-23;19-15-11-16-14(10-13(15)12-6-2-1-3-7-12)18(23-22-16)21-17-8-4-5-9-20-17/h1-12H,(H2,21,22,23);1-9,11-12H,10H2,(H2,20,21,22);1-11H,(H2,20,21,22,23). The molecule has 5 heterocycles. The van der Waals surface area contributed by atoms with Gasteiger partial charge in [0.2, 0.25) is 0 Å². The van der Waals surface area contributed by atoms with Gasteiger partial charge in [-0.3, -0.25) is 25.7 Å². The van der Waals surface area contributed by atoms with Gasteiger partial charge in [0, 0.05) is 50.9 Å². The summed E-state index contributed by atoms with van der Waals surface area (Å²) in [5, 5.41) is 35.8. The molecule has 0 saturated heterocycles. The molecule has 0 fully saturated rings. The van der Waals surface area contributed by atoms with E-state index in [4.69, 9.17) is 34.8 Å². The number of halogens is 3. The van der Waals surface area contributed by atoms with Gasteiger partial charge in [0.1, 0.15) is 5.82 Å². The summed E-state index contributed by atoms with van der Waals surface area (Å²) in [6.45, 7) is 0.796. The molecule has 0 amide bonds. The number of para-hydroxylation sites is 1. The van der Waals surface area contributed by atoms with Crippen molar-refractivity contribution in [2.24, 2.45) is 0 Å². The molecule has 0 unspecified atom stereocenters.